The van der Waals surface area contributed by atoms with Gasteiger partial charge in [-0.05, 0) is 6.92 Å². The van der Waals surface area contributed by atoms with Crippen LogP contribution in [-0.4, -0.2) is 34.8 Å². The van der Waals surface area contributed by atoms with Crippen molar-refractivity contribution in [3.8, 4) is 0 Å². The fourth-order valence-corrected chi connectivity index (χ4v) is 0. The van der Waals surface area contributed by atoms with Gasteiger partial charge < -0.3 is 12.5 Å². The molecule has 0 saturated carbocycles. The normalized spacial score (nSPS) is 3.60. The van der Waals surface area contributed by atoms with Crippen molar-refractivity contribution in [3.05, 3.63) is 7.43 Å². The van der Waals surface area contributed by atoms with Crippen LogP contribution in [0.1, 0.15) is 6.92 Å². The van der Waals surface area contributed by atoms with E-state index in [1.807, 2.05) is 0 Å². The zero-order valence-corrected chi connectivity index (χ0v) is 5.28. The molecular weight excluding hydrogens is 76.3 g/mol. The third-order valence-corrected chi connectivity index (χ3v) is 0. The summed E-state index contributed by atoms with van der Waals surface area (Å²) in [7, 11) is 0. The average molecular weight is 85.4 g/mol. The smallest absolute Gasteiger partial charge is 0.397 e. The molecule has 0 aliphatic rings. The Kier molecular flexibility index (Phi) is 75.8. The first-order valence-electron chi connectivity index (χ1n) is 1.02. The van der Waals surface area contributed by atoms with Crippen LogP contribution in [0.2, 0.25) is 0 Å². The van der Waals surface area contributed by atoms with E-state index >= 15 is 0 Å². The van der Waals surface area contributed by atoms with Crippen LogP contribution in [0.25, 0.3) is 0 Å². The standard InChI is InChI=1S/C2H6O.CH3.Mg/c1-2-3;;/h3H,2H2,1H3;1H3;/q;-1;+2. The van der Waals surface area contributed by atoms with Gasteiger partial charge >= 0.3 is 23.1 Å². The molecule has 0 aromatic carbocycles. The third-order valence-electron chi connectivity index (χ3n) is 0. The molecule has 0 aliphatic heterocycles. The van der Waals surface area contributed by atoms with Gasteiger partial charge in [-0.3, -0.25) is 0 Å². The van der Waals surface area contributed by atoms with Crippen molar-refractivity contribution < 1.29 is 5.11 Å². The Labute approximate surface area is 49.5 Å². The molecule has 0 rings (SSSR count). The molecule has 0 heterocycles. The van der Waals surface area contributed by atoms with E-state index in [-0.39, 0.29) is 37.1 Å². The minimum absolute atomic E-state index is 0. The molecule has 0 atom stereocenters. The molecule has 0 radical (unpaired) electrons. The monoisotopic (exact) mass is 85.0 g/mol. The van der Waals surface area contributed by atoms with Gasteiger partial charge in [-0.1, -0.05) is 0 Å². The summed E-state index contributed by atoms with van der Waals surface area (Å²) in [5.74, 6) is 0. The maximum absolute atomic E-state index is 7.57. The Bertz CT molecular complexity index is 6.85. The Hall–Kier alpha value is 0.726. The molecule has 0 aromatic heterocycles. The molecule has 0 fully saturated rings. The first-order chi connectivity index (χ1) is 1.41. The van der Waals surface area contributed by atoms with Gasteiger partial charge in [0.1, 0.15) is 0 Å². The van der Waals surface area contributed by atoms with Gasteiger partial charge in [-0.25, -0.2) is 0 Å². The summed E-state index contributed by atoms with van der Waals surface area (Å²) >= 11 is 0. The molecule has 1 nitrogen and oxygen atoms in total. The summed E-state index contributed by atoms with van der Waals surface area (Å²) < 4.78 is 0. The number of rotatable bonds is 0. The van der Waals surface area contributed by atoms with Crippen LogP contribution < -0.4 is 0 Å². The van der Waals surface area contributed by atoms with Crippen LogP contribution in [0.15, 0.2) is 0 Å². The van der Waals surface area contributed by atoms with E-state index in [0.29, 0.717) is 0 Å². The van der Waals surface area contributed by atoms with E-state index in [1.54, 1.807) is 6.92 Å². The van der Waals surface area contributed by atoms with Crippen LogP contribution >= 0.6 is 0 Å². The minimum Gasteiger partial charge on any atom is -0.397 e. The van der Waals surface area contributed by atoms with Gasteiger partial charge in [-0.15, -0.1) is 0 Å². The van der Waals surface area contributed by atoms with Crippen molar-refractivity contribution >= 4 is 23.1 Å². The fraction of sp³-hybridized carbons (Fsp3) is 0.667. The van der Waals surface area contributed by atoms with Gasteiger partial charge in [0.2, 0.25) is 0 Å². The predicted molar refractivity (Wildman–Crippen MR) is 24.9 cm³/mol. The molecule has 1 N–H and O–H groups in total. The summed E-state index contributed by atoms with van der Waals surface area (Å²) in [5, 5.41) is 7.57. The third kappa shape index (κ3) is 66.6. The number of hydrogen-bond acceptors (Lipinski definition) is 1. The van der Waals surface area contributed by atoms with Crippen molar-refractivity contribution in [3.63, 3.8) is 0 Å². The van der Waals surface area contributed by atoms with Gasteiger partial charge in [0.05, 0.1) is 0 Å². The quantitative estimate of drug-likeness (QED) is 0.326. The van der Waals surface area contributed by atoms with Crippen LogP contribution in [0, 0.1) is 7.43 Å². The van der Waals surface area contributed by atoms with Gasteiger partial charge in [0.15, 0.2) is 0 Å². The number of hydrogen-bond donors (Lipinski definition) is 1. The summed E-state index contributed by atoms with van der Waals surface area (Å²) in [4.78, 5) is 0. The molecule has 5 heavy (non-hydrogen) atoms. The van der Waals surface area contributed by atoms with Gasteiger partial charge in [0, 0.05) is 6.61 Å². The first-order valence-corrected chi connectivity index (χ1v) is 1.02. The van der Waals surface area contributed by atoms with Crippen LogP contribution in [0.3, 0.4) is 0 Å². The number of aliphatic hydroxyl groups excluding tert-OH is 1. The Morgan fingerprint density at radius 2 is 1.60 bits per heavy atom. The molecule has 2 heteroatoms. The maximum Gasteiger partial charge on any atom is 2.00 e. The van der Waals surface area contributed by atoms with Gasteiger partial charge in [0.25, 0.3) is 0 Å². The predicted octanol–water partition coefficient (Wildman–Crippen LogP) is 0.0681. The number of aliphatic hydroxyl groups is 1. The summed E-state index contributed by atoms with van der Waals surface area (Å²) in [6.45, 7) is 1.93. The van der Waals surface area contributed by atoms with E-state index < -0.39 is 0 Å². The van der Waals surface area contributed by atoms with E-state index in [9.17, 15) is 0 Å². The van der Waals surface area contributed by atoms with Crippen LogP contribution in [0.4, 0.5) is 0 Å². The molecule has 0 spiro atoms. The molecule has 28 valence electrons. The summed E-state index contributed by atoms with van der Waals surface area (Å²) in [5.41, 5.74) is 0. The van der Waals surface area contributed by atoms with Crippen LogP contribution in [-0.2, 0) is 0 Å². The Morgan fingerprint density at radius 1 is 1.60 bits per heavy atom. The van der Waals surface area contributed by atoms with Crippen molar-refractivity contribution in [1.29, 1.82) is 0 Å². The molecule has 0 bridgehead atoms. The van der Waals surface area contributed by atoms with Crippen molar-refractivity contribution in [2.75, 3.05) is 6.61 Å². The Balaban J connectivity index is -0.0000000200. The van der Waals surface area contributed by atoms with E-state index in [0.717, 1.165) is 0 Å². The average Bonchev–Trinajstić information content (AvgIpc) is 0.918. The zero-order chi connectivity index (χ0) is 2.71. The van der Waals surface area contributed by atoms with E-state index in [4.69, 9.17) is 5.11 Å². The molecule has 0 aromatic rings. The van der Waals surface area contributed by atoms with Crippen molar-refractivity contribution in [2.24, 2.45) is 0 Å². The molecule has 0 aliphatic carbocycles. The molecule has 0 amide bonds. The molecular formula is C3H9MgO+. The largest absolute Gasteiger partial charge is 2.00 e. The fourth-order valence-electron chi connectivity index (χ4n) is 0. The second-order valence-corrected chi connectivity index (χ2v) is 0.316. The topological polar surface area (TPSA) is 20.2 Å². The second kappa shape index (κ2) is 22.0. The maximum atomic E-state index is 7.57. The molecule has 0 unspecified atom stereocenters. The van der Waals surface area contributed by atoms with E-state index in [2.05, 4.69) is 0 Å². The minimum atomic E-state index is 0. The summed E-state index contributed by atoms with van der Waals surface area (Å²) in [6, 6.07) is 0. The van der Waals surface area contributed by atoms with Crippen molar-refractivity contribution in [2.45, 2.75) is 6.92 Å². The summed E-state index contributed by atoms with van der Waals surface area (Å²) in [6.07, 6.45) is 0. The zero-order valence-electron chi connectivity index (χ0n) is 3.86. The second-order valence-electron chi connectivity index (χ2n) is 0.316. The van der Waals surface area contributed by atoms with Crippen molar-refractivity contribution in [1.82, 2.24) is 0 Å². The van der Waals surface area contributed by atoms with E-state index in [1.165, 1.54) is 0 Å². The SMILES string of the molecule is CCO.[CH3-].[Mg+2]. The Morgan fingerprint density at radius 3 is 1.60 bits per heavy atom. The van der Waals surface area contributed by atoms with Crippen LogP contribution in [0.5, 0.6) is 0 Å². The first kappa shape index (κ1) is 17.2. The van der Waals surface area contributed by atoms with Gasteiger partial charge in [-0.2, -0.15) is 0 Å². The molecule has 0 saturated heterocycles.